The van der Waals surface area contributed by atoms with Gasteiger partial charge in [0.2, 0.25) is 5.91 Å². The molecule has 0 fully saturated rings. The van der Waals surface area contributed by atoms with Crippen molar-refractivity contribution in [3.05, 3.63) is 35.4 Å². The first-order valence-electron chi connectivity index (χ1n) is 6.25. The van der Waals surface area contributed by atoms with E-state index < -0.39 is 12.4 Å². The summed E-state index contributed by atoms with van der Waals surface area (Å²) >= 11 is 0. The molecule has 1 N–H and O–H groups in total. The Morgan fingerprint density at radius 2 is 1.68 bits per heavy atom. The summed E-state index contributed by atoms with van der Waals surface area (Å²) in [6.07, 6.45) is -0.462. The molecule has 0 aliphatic carbocycles. The fourth-order valence-corrected chi connectivity index (χ4v) is 1.74. The summed E-state index contributed by atoms with van der Waals surface area (Å²) in [5.41, 5.74) is 2.33. The van der Waals surface area contributed by atoms with E-state index in [1.165, 1.54) is 10.5 Å². The van der Waals surface area contributed by atoms with Gasteiger partial charge in [-0.1, -0.05) is 45.0 Å². The highest BCUT2D eigenvalue weighted by Gasteiger charge is 2.15. The minimum absolute atomic E-state index is 0.101. The molecular weight excluding hydrogens is 242 g/mol. The Labute approximate surface area is 114 Å². The van der Waals surface area contributed by atoms with Crippen molar-refractivity contribution in [2.45, 2.75) is 39.2 Å². The summed E-state index contributed by atoms with van der Waals surface area (Å²) in [5.74, 6) is -1.48. The molecule has 0 saturated carbocycles. The number of carboxylic acid groups (broad SMARTS) is 1. The van der Waals surface area contributed by atoms with Gasteiger partial charge in [-0.25, -0.2) is 0 Å². The van der Waals surface area contributed by atoms with Gasteiger partial charge < -0.3 is 10.0 Å². The smallest absolute Gasteiger partial charge is 0.312 e. The molecule has 0 unspecified atom stereocenters. The molecule has 1 rings (SSSR count). The number of hydrogen-bond donors (Lipinski definition) is 1. The molecule has 0 saturated heterocycles. The summed E-state index contributed by atoms with van der Waals surface area (Å²) < 4.78 is 0. The van der Waals surface area contributed by atoms with Gasteiger partial charge in [0.1, 0.15) is 6.42 Å². The van der Waals surface area contributed by atoms with Crippen LogP contribution in [-0.4, -0.2) is 28.9 Å². The van der Waals surface area contributed by atoms with Crippen molar-refractivity contribution in [2.75, 3.05) is 7.05 Å². The Morgan fingerprint density at radius 1 is 1.16 bits per heavy atom. The van der Waals surface area contributed by atoms with Crippen molar-refractivity contribution < 1.29 is 14.7 Å². The maximum Gasteiger partial charge on any atom is 0.312 e. The van der Waals surface area contributed by atoms with Gasteiger partial charge in [-0.05, 0) is 16.5 Å². The third kappa shape index (κ3) is 4.73. The van der Waals surface area contributed by atoms with Crippen LogP contribution in [0, 0.1) is 0 Å². The number of carboxylic acids is 1. The third-order valence-electron chi connectivity index (χ3n) is 2.97. The molecule has 0 heterocycles. The molecule has 4 nitrogen and oxygen atoms in total. The van der Waals surface area contributed by atoms with E-state index in [2.05, 4.69) is 20.8 Å². The fraction of sp³-hybridized carbons (Fsp3) is 0.467. The number of nitrogens with zero attached hydrogens (tertiary/aromatic N) is 1. The fourth-order valence-electron chi connectivity index (χ4n) is 1.74. The van der Waals surface area contributed by atoms with Gasteiger partial charge in [-0.15, -0.1) is 0 Å². The van der Waals surface area contributed by atoms with Gasteiger partial charge in [0, 0.05) is 13.6 Å². The lowest BCUT2D eigenvalue weighted by atomic mass is 9.87. The number of carbonyl (C=O) groups excluding carboxylic acids is 1. The molecule has 0 aliphatic heterocycles. The van der Waals surface area contributed by atoms with Crippen LogP contribution in [0.2, 0.25) is 0 Å². The van der Waals surface area contributed by atoms with E-state index >= 15 is 0 Å². The summed E-state index contributed by atoms with van der Waals surface area (Å²) in [7, 11) is 1.61. The Morgan fingerprint density at radius 3 is 2.11 bits per heavy atom. The number of rotatable bonds is 4. The van der Waals surface area contributed by atoms with E-state index in [0.717, 1.165) is 5.56 Å². The summed E-state index contributed by atoms with van der Waals surface area (Å²) in [5, 5.41) is 8.58. The van der Waals surface area contributed by atoms with Crippen LogP contribution in [0.4, 0.5) is 0 Å². The quantitative estimate of drug-likeness (QED) is 0.849. The van der Waals surface area contributed by atoms with Crippen LogP contribution in [0.25, 0.3) is 0 Å². The van der Waals surface area contributed by atoms with Crippen LogP contribution in [0.5, 0.6) is 0 Å². The number of carbonyl (C=O) groups is 2. The lowest BCUT2D eigenvalue weighted by Crippen LogP contribution is -2.28. The average Bonchev–Trinajstić information content (AvgIpc) is 2.27. The lowest BCUT2D eigenvalue weighted by molar-refractivity contribution is -0.143. The van der Waals surface area contributed by atoms with Gasteiger partial charge in [-0.3, -0.25) is 9.59 Å². The molecule has 0 aromatic heterocycles. The minimum Gasteiger partial charge on any atom is -0.481 e. The molecular formula is C15H21NO3. The maximum atomic E-state index is 11.5. The molecule has 0 aliphatic rings. The molecule has 0 spiro atoms. The van der Waals surface area contributed by atoms with Crippen molar-refractivity contribution in [1.29, 1.82) is 0 Å². The highest BCUT2D eigenvalue weighted by Crippen LogP contribution is 2.22. The molecule has 19 heavy (non-hydrogen) atoms. The zero-order valence-electron chi connectivity index (χ0n) is 11.9. The summed E-state index contributed by atoms with van der Waals surface area (Å²) in [6.45, 7) is 6.86. The van der Waals surface area contributed by atoms with Crippen LogP contribution in [0.3, 0.4) is 0 Å². The second-order valence-electron chi connectivity index (χ2n) is 5.77. The largest absolute Gasteiger partial charge is 0.481 e. The predicted molar refractivity (Wildman–Crippen MR) is 73.9 cm³/mol. The first-order valence-corrected chi connectivity index (χ1v) is 6.25. The topological polar surface area (TPSA) is 57.6 Å². The van der Waals surface area contributed by atoms with Crippen LogP contribution < -0.4 is 0 Å². The van der Waals surface area contributed by atoms with Gasteiger partial charge in [-0.2, -0.15) is 0 Å². The van der Waals surface area contributed by atoms with Crippen LogP contribution >= 0.6 is 0 Å². The molecule has 1 amide bonds. The summed E-state index contributed by atoms with van der Waals surface area (Å²) in [6, 6.07) is 8.05. The molecule has 0 bridgehead atoms. The van der Waals surface area contributed by atoms with Crippen molar-refractivity contribution in [3.8, 4) is 0 Å². The average molecular weight is 263 g/mol. The summed E-state index contributed by atoms with van der Waals surface area (Å²) in [4.78, 5) is 23.4. The van der Waals surface area contributed by atoms with E-state index in [9.17, 15) is 9.59 Å². The second-order valence-corrected chi connectivity index (χ2v) is 5.77. The van der Waals surface area contributed by atoms with Crippen molar-refractivity contribution in [1.82, 2.24) is 4.90 Å². The number of amides is 1. The van der Waals surface area contributed by atoms with E-state index in [0.29, 0.717) is 6.54 Å². The Hall–Kier alpha value is -1.84. The molecule has 1 aromatic rings. The van der Waals surface area contributed by atoms with Crippen LogP contribution in [-0.2, 0) is 21.5 Å². The van der Waals surface area contributed by atoms with E-state index in [4.69, 9.17) is 5.11 Å². The Bertz CT molecular complexity index is 457. The molecule has 104 valence electrons. The van der Waals surface area contributed by atoms with Gasteiger partial charge in [0.05, 0.1) is 0 Å². The number of hydrogen-bond acceptors (Lipinski definition) is 2. The highest BCUT2D eigenvalue weighted by atomic mass is 16.4. The van der Waals surface area contributed by atoms with Crippen molar-refractivity contribution in [2.24, 2.45) is 0 Å². The van der Waals surface area contributed by atoms with Gasteiger partial charge >= 0.3 is 5.97 Å². The van der Waals surface area contributed by atoms with E-state index in [1.807, 2.05) is 24.3 Å². The van der Waals surface area contributed by atoms with Crippen molar-refractivity contribution >= 4 is 11.9 Å². The predicted octanol–water partition coefficient (Wildman–Crippen LogP) is 2.42. The molecule has 0 radical (unpaired) electrons. The molecule has 0 atom stereocenters. The van der Waals surface area contributed by atoms with Crippen molar-refractivity contribution in [3.63, 3.8) is 0 Å². The molecule has 1 aromatic carbocycles. The lowest BCUT2D eigenvalue weighted by Gasteiger charge is -2.20. The third-order valence-corrected chi connectivity index (χ3v) is 2.97. The first kappa shape index (κ1) is 15.2. The number of benzene rings is 1. The Balaban J connectivity index is 2.68. The second kappa shape index (κ2) is 5.87. The minimum atomic E-state index is -1.10. The maximum absolute atomic E-state index is 11.5. The first-order chi connectivity index (χ1) is 8.70. The van der Waals surface area contributed by atoms with Gasteiger partial charge in [0.15, 0.2) is 0 Å². The monoisotopic (exact) mass is 263 g/mol. The van der Waals surface area contributed by atoms with Crippen LogP contribution in [0.1, 0.15) is 38.3 Å². The number of aliphatic carboxylic acids is 1. The normalized spacial score (nSPS) is 11.2. The SMILES string of the molecule is CN(Cc1ccc(C(C)(C)C)cc1)C(=O)CC(=O)O. The van der Waals surface area contributed by atoms with E-state index in [1.54, 1.807) is 7.05 Å². The zero-order valence-corrected chi connectivity index (χ0v) is 11.9. The standard InChI is InChI=1S/C15H21NO3/c1-15(2,3)12-7-5-11(6-8-12)10-16(4)13(17)9-14(18)19/h5-8H,9-10H2,1-4H3,(H,18,19). The molecule has 4 heteroatoms. The van der Waals surface area contributed by atoms with E-state index in [-0.39, 0.29) is 11.3 Å². The zero-order chi connectivity index (χ0) is 14.6. The Kier molecular flexibility index (Phi) is 4.70. The van der Waals surface area contributed by atoms with Gasteiger partial charge in [0.25, 0.3) is 0 Å². The van der Waals surface area contributed by atoms with Crippen LogP contribution in [0.15, 0.2) is 24.3 Å². The highest BCUT2D eigenvalue weighted by molar-refractivity contribution is 5.93.